The van der Waals surface area contributed by atoms with Gasteiger partial charge in [-0.05, 0) is 30.5 Å². The number of hydrogen-bond acceptors (Lipinski definition) is 5. The van der Waals surface area contributed by atoms with Crippen LogP contribution in [-0.2, 0) is 13.0 Å². The van der Waals surface area contributed by atoms with Gasteiger partial charge in [-0.3, -0.25) is 0 Å². The second-order valence-electron chi connectivity index (χ2n) is 6.25. The predicted molar refractivity (Wildman–Crippen MR) is 102 cm³/mol. The van der Waals surface area contributed by atoms with Crippen LogP contribution in [0.25, 0.3) is 21.9 Å². The number of benzene rings is 2. The lowest BCUT2D eigenvalue weighted by molar-refractivity contribution is 0.520. The molecule has 3 heterocycles. The topological polar surface area (TPSA) is 42.2 Å². The Bertz CT molecular complexity index is 1090. The summed E-state index contributed by atoms with van der Waals surface area (Å²) in [6.07, 6.45) is 4.66. The van der Waals surface area contributed by atoms with E-state index in [1.54, 1.807) is 18.1 Å². The first-order valence-electron chi connectivity index (χ1n) is 8.36. The maximum absolute atomic E-state index is 6.04. The van der Waals surface area contributed by atoms with Crippen LogP contribution in [-0.4, -0.2) is 22.8 Å². The SMILES string of the molecule is CSc1ccc2ncnc(N3CCc4oc5ccccc5c4C3)c2c1. The molecule has 1 aliphatic heterocycles. The minimum atomic E-state index is 0.821. The summed E-state index contributed by atoms with van der Waals surface area (Å²) in [4.78, 5) is 12.6. The first-order chi connectivity index (χ1) is 12.3. The van der Waals surface area contributed by atoms with Crippen molar-refractivity contribution < 1.29 is 4.42 Å². The molecule has 2 aromatic heterocycles. The lowest BCUT2D eigenvalue weighted by Crippen LogP contribution is -2.30. The van der Waals surface area contributed by atoms with Crippen LogP contribution in [0.15, 0.2) is 58.1 Å². The standard InChI is InChI=1S/C20H17N3OS/c1-25-13-6-7-17-15(10-13)20(22-12-21-17)23-9-8-19-16(11-23)14-4-2-3-5-18(14)24-19/h2-7,10,12H,8-9,11H2,1H3. The van der Waals surface area contributed by atoms with E-state index < -0.39 is 0 Å². The molecule has 0 saturated heterocycles. The van der Waals surface area contributed by atoms with E-state index in [4.69, 9.17) is 4.42 Å². The van der Waals surface area contributed by atoms with Crippen LogP contribution >= 0.6 is 11.8 Å². The fourth-order valence-electron chi connectivity index (χ4n) is 3.61. The van der Waals surface area contributed by atoms with E-state index in [0.717, 1.165) is 47.6 Å². The molecule has 0 unspecified atom stereocenters. The quantitative estimate of drug-likeness (QED) is 0.493. The Hall–Kier alpha value is -2.53. The number of fused-ring (bicyclic) bond motifs is 4. The molecular weight excluding hydrogens is 330 g/mol. The van der Waals surface area contributed by atoms with Gasteiger partial charge in [0.2, 0.25) is 0 Å². The van der Waals surface area contributed by atoms with Crippen molar-refractivity contribution in [2.24, 2.45) is 0 Å². The van der Waals surface area contributed by atoms with Crippen LogP contribution in [0, 0.1) is 0 Å². The fourth-order valence-corrected chi connectivity index (χ4v) is 4.05. The maximum atomic E-state index is 6.04. The third-order valence-electron chi connectivity index (χ3n) is 4.86. The highest BCUT2D eigenvalue weighted by Crippen LogP contribution is 2.34. The summed E-state index contributed by atoms with van der Waals surface area (Å²) in [6.45, 7) is 1.73. The van der Waals surface area contributed by atoms with Crippen molar-refractivity contribution in [1.82, 2.24) is 9.97 Å². The van der Waals surface area contributed by atoms with E-state index in [-0.39, 0.29) is 0 Å². The number of aromatic nitrogens is 2. The molecule has 2 aromatic carbocycles. The predicted octanol–water partition coefficient (Wildman–Crippen LogP) is 4.66. The molecule has 0 fully saturated rings. The lowest BCUT2D eigenvalue weighted by Gasteiger charge is -2.28. The zero-order chi connectivity index (χ0) is 16.8. The second kappa shape index (κ2) is 5.77. The van der Waals surface area contributed by atoms with Crippen molar-refractivity contribution in [2.75, 3.05) is 17.7 Å². The van der Waals surface area contributed by atoms with Crippen LogP contribution in [0.5, 0.6) is 0 Å². The smallest absolute Gasteiger partial charge is 0.140 e. The van der Waals surface area contributed by atoms with E-state index in [2.05, 4.69) is 51.5 Å². The van der Waals surface area contributed by atoms with Crippen molar-refractivity contribution in [3.8, 4) is 0 Å². The number of rotatable bonds is 2. The van der Waals surface area contributed by atoms with Crippen molar-refractivity contribution in [3.05, 3.63) is 60.1 Å². The first kappa shape index (κ1) is 14.8. The highest BCUT2D eigenvalue weighted by molar-refractivity contribution is 7.98. The van der Waals surface area contributed by atoms with Gasteiger partial charge in [0.1, 0.15) is 23.5 Å². The molecule has 0 atom stereocenters. The lowest BCUT2D eigenvalue weighted by atomic mass is 10.0. The molecule has 0 spiro atoms. The maximum Gasteiger partial charge on any atom is 0.140 e. The zero-order valence-corrected chi connectivity index (χ0v) is 14.7. The highest BCUT2D eigenvalue weighted by atomic mass is 32.2. The largest absolute Gasteiger partial charge is 0.461 e. The Morgan fingerprint density at radius 2 is 2.00 bits per heavy atom. The molecule has 0 N–H and O–H groups in total. The van der Waals surface area contributed by atoms with Gasteiger partial charge >= 0.3 is 0 Å². The summed E-state index contributed by atoms with van der Waals surface area (Å²) < 4.78 is 6.04. The molecule has 1 aliphatic rings. The first-order valence-corrected chi connectivity index (χ1v) is 9.59. The number of anilines is 1. The number of furan rings is 1. The molecule has 0 bridgehead atoms. The minimum absolute atomic E-state index is 0.821. The van der Waals surface area contributed by atoms with Gasteiger partial charge in [-0.1, -0.05) is 18.2 Å². The van der Waals surface area contributed by atoms with Crippen molar-refractivity contribution in [3.63, 3.8) is 0 Å². The number of para-hydroxylation sites is 1. The molecule has 124 valence electrons. The summed E-state index contributed by atoms with van der Waals surface area (Å²) in [5.74, 6) is 2.12. The average Bonchev–Trinajstić information content (AvgIpc) is 3.05. The summed E-state index contributed by atoms with van der Waals surface area (Å²) in [7, 11) is 0. The molecule has 0 aliphatic carbocycles. The van der Waals surface area contributed by atoms with Gasteiger partial charge in [0.05, 0.1) is 5.52 Å². The summed E-state index contributed by atoms with van der Waals surface area (Å²) in [5, 5.41) is 2.33. The Balaban J connectivity index is 1.62. The molecular formula is C20H17N3OS. The summed E-state index contributed by atoms with van der Waals surface area (Å²) in [5.41, 5.74) is 3.26. The molecule has 0 amide bonds. The van der Waals surface area contributed by atoms with Gasteiger partial charge in [0.15, 0.2) is 0 Å². The van der Waals surface area contributed by atoms with Crippen LogP contribution < -0.4 is 4.90 Å². The zero-order valence-electron chi connectivity index (χ0n) is 13.9. The van der Waals surface area contributed by atoms with E-state index in [1.165, 1.54) is 15.8 Å². The van der Waals surface area contributed by atoms with Gasteiger partial charge < -0.3 is 9.32 Å². The number of hydrogen-bond donors (Lipinski definition) is 0. The molecule has 4 aromatic rings. The van der Waals surface area contributed by atoms with Gasteiger partial charge in [-0.2, -0.15) is 0 Å². The third kappa shape index (κ3) is 2.38. The van der Waals surface area contributed by atoms with Gasteiger partial charge in [-0.25, -0.2) is 9.97 Å². The average molecular weight is 347 g/mol. The molecule has 5 heteroatoms. The number of thioether (sulfide) groups is 1. The van der Waals surface area contributed by atoms with Crippen molar-refractivity contribution in [2.45, 2.75) is 17.9 Å². The van der Waals surface area contributed by atoms with Gasteiger partial charge in [-0.15, -0.1) is 11.8 Å². The third-order valence-corrected chi connectivity index (χ3v) is 5.59. The fraction of sp³-hybridized carbons (Fsp3) is 0.200. The summed E-state index contributed by atoms with van der Waals surface area (Å²) >= 11 is 1.74. The monoisotopic (exact) mass is 347 g/mol. The highest BCUT2D eigenvalue weighted by Gasteiger charge is 2.24. The van der Waals surface area contributed by atoms with E-state index in [9.17, 15) is 0 Å². The molecule has 5 rings (SSSR count). The Morgan fingerprint density at radius 3 is 2.92 bits per heavy atom. The van der Waals surface area contributed by atoms with Gasteiger partial charge in [0.25, 0.3) is 0 Å². The van der Waals surface area contributed by atoms with E-state index in [1.807, 2.05) is 12.1 Å². The van der Waals surface area contributed by atoms with E-state index in [0.29, 0.717) is 0 Å². The van der Waals surface area contributed by atoms with Gasteiger partial charge in [0, 0.05) is 40.7 Å². The Kier molecular flexibility index (Phi) is 3.41. The van der Waals surface area contributed by atoms with Crippen LogP contribution in [0.4, 0.5) is 5.82 Å². The molecule has 4 nitrogen and oxygen atoms in total. The van der Waals surface area contributed by atoms with E-state index >= 15 is 0 Å². The molecule has 25 heavy (non-hydrogen) atoms. The second-order valence-corrected chi connectivity index (χ2v) is 7.13. The van der Waals surface area contributed by atoms with Crippen LogP contribution in [0.2, 0.25) is 0 Å². The minimum Gasteiger partial charge on any atom is -0.461 e. The van der Waals surface area contributed by atoms with Crippen molar-refractivity contribution in [1.29, 1.82) is 0 Å². The summed E-state index contributed by atoms with van der Waals surface area (Å²) in [6, 6.07) is 14.7. The number of nitrogens with zero attached hydrogens (tertiary/aromatic N) is 3. The molecule has 0 saturated carbocycles. The van der Waals surface area contributed by atoms with Crippen LogP contribution in [0.3, 0.4) is 0 Å². The molecule has 0 radical (unpaired) electrons. The Morgan fingerprint density at radius 1 is 1.08 bits per heavy atom. The normalized spacial score (nSPS) is 14.2. The Labute approximate surface area is 149 Å². The van der Waals surface area contributed by atoms with Crippen LogP contribution in [0.1, 0.15) is 11.3 Å². The van der Waals surface area contributed by atoms with Crippen molar-refractivity contribution >= 4 is 39.5 Å².